The summed E-state index contributed by atoms with van der Waals surface area (Å²) in [6.45, 7) is 4.91. The Balaban J connectivity index is 0.000000102. The molecule has 0 aliphatic heterocycles. The fourth-order valence-electron chi connectivity index (χ4n) is 7.78. The van der Waals surface area contributed by atoms with Crippen LogP contribution in [0.1, 0.15) is 52.4 Å². The molecule has 0 spiro atoms. The molecule has 6 rings (SSSR count). The molecule has 10 unspecified atom stereocenters. The molecule has 120 valence electrons. The van der Waals surface area contributed by atoms with Crippen molar-refractivity contribution in [2.45, 2.75) is 52.4 Å². The predicted molar refractivity (Wildman–Crippen MR) is 92.2 cm³/mol. The van der Waals surface area contributed by atoms with E-state index >= 15 is 0 Å². The highest BCUT2D eigenvalue weighted by Gasteiger charge is 2.51. The fourth-order valence-corrected chi connectivity index (χ4v) is 7.78. The quantitative estimate of drug-likeness (QED) is 0.502. The number of hydrogen-bond acceptors (Lipinski definition) is 0. The normalized spacial score (nSPS) is 58.8. The van der Waals surface area contributed by atoms with Crippen LogP contribution in [0.15, 0.2) is 24.3 Å². The first kappa shape index (κ1) is 13.9. The Labute approximate surface area is 136 Å². The summed E-state index contributed by atoms with van der Waals surface area (Å²) in [4.78, 5) is 0. The fraction of sp³-hybridized carbons (Fsp3) is 0.818. The Morgan fingerprint density at radius 3 is 2.09 bits per heavy atom. The summed E-state index contributed by atoms with van der Waals surface area (Å²) in [6, 6.07) is 0. The van der Waals surface area contributed by atoms with Crippen LogP contribution in [0.2, 0.25) is 0 Å². The second-order valence-corrected chi connectivity index (χ2v) is 9.56. The molecule has 4 bridgehead atoms. The van der Waals surface area contributed by atoms with Crippen LogP contribution >= 0.6 is 0 Å². The van der Waals surface area contributed by atoms with E-state index in [2.05, 4.69) is 38.2 Å². The first-order valence-corrected chi connectivity index (χ1v) is 10.1. The molecule has 6 aliphatic carbocycles. The van der Waals surface area contributed by atoms with Crippen molar-refractivity contribution in [3.63, 3.8) is 0 Å². The molecule has 0 N–H and O–H groups in total. The van der Waals surface area contributed by atoms with Gasteiger partial charge in [0.15, 0.2) is 0 Å². The predicted octanol–water partition coefficient (Wildman–Crippen LogP) is 5.71. The molecule has 0 heteroatoms. The molecule has 0 nitrogen and oxygen atoms in total. The maximum Gasteiger partial charge on any atom is -0.0169 e. The number of fused-ring (bicyclic) bond motifs is 10. The molecule has 0 amide bonds. The van der Waals surface area contributed by atoms with Gasteiger partial charge >= 0.3 is 0 Å². The van der Waals surface area contributed by atoms with Crippen molar-refractivity contribution in [1.29, 1.82) is 0 Å². The summed E-state index contributed by atoms with van der Waals surface area (Å²) in [5, 5.41) is 0. The van der Waals surface area contributed by atoms with Gasteiger partial charge in [-0.2, -0.15) is 0 Å². The van der Waals surface area contributed by atoms with E-state index in [1.807, 2.05) is 0 Å². The van der Waals surface area contributed by atoms with E-state index in [1.165, 1.54) is 25.7 Å². The van der Waals surface area contributed by atoms with E-state index < -0.39 is 0 Å². The largest absolute Gasteiger partial charge is 0.0879 e. The Morgan fingerprint density at radius 1 is 0.591 bits per heavy atom. The Bertz CT molecular complexity index is 500. The van der Waals surface area contributed by atoms with Crippen molar-refractivity contribution in [3.05, 3.63) is 24.3 Å². The van der Waals surface area contributed by atoms with Crippen molar-refractivity contribution in [2.75, 3.05) is 0 Å². The van der Waals surface area contributed by atoms with E-state index in [-0.39, 0.29) is 0 Å². The van der Waals surface area contributed by atoms with Gasteiger partial charge in [-0.15, -0.1) is 0 Å². The maximum atomic E-state index is 2.50. The number of hydrogen-bond donors (Lipinski definition) is 0. The van der Waals surface area contributed by atoms with Gasteiger partial charge in [-0.05, 0) is 97.7 Å². The van der Waals surface area contributed by atoms with Gasteiger partial charge < -0.3 is 0 Å². The van der Waals surface area contributed by atoms with Crippen molar-refractivity contribution < 1.29 is 0 Å². The highest BCUT2D eigenvalue weighted by molar-refractivity contribution is 5.14. The summed E-state index contributed by atoms with van der Waals surface area (Å²) in [7, 11) is 0. The Kier molecular flexibility index (Phi) is 3.15. The van der Waals surface area contributed by atoms with Gasteiger partial charge in [-0.25, -0.2) is 0 Å². The Hall–Kier alpha value is -0.520. The highest BCUT2D eigenvalue weighted by Crippen LogP contribution is 2.59. The third kappa shape index (κ3) is 1.88. The first-order chi connectivity index (χ1) is 10.7. The molecule has 22 heavy (non-hydrogen) atoms. The van der Waals surface area contributed by atoms with Crippen LogP contribution in [0.3, 0.4) is 0 Å². The summed E-state index contributed by atoms with van der Waals surface area (Å²) in [5.74, 6) is 10.6. The minimum Gasteiger partial charge on any atom is -0.0879 e. The van der Waals surface area contributed by atoms with Gasteiger partial charge in [0.1, 0.15) is 0 Å². The molecule has 6 aliphatic rings. The first-order valence-electron chi connectivity index (χ1n) is 10.1. The van der Waals surface area contributed by atoms with Crippen molar-refractivity contribution in [2.24, 2.45) is 59.2 Å². The molecule has 0 aromatic rings. The van der Waals surface area contributed by atoms with Crippen LogP contribution in [0, 0.1) is 59.2 Å². The van der Waals surface area contributed by atoms with E-state index in [9.17, 15) is 0 Å². The zero-order valence-electron chi connectivity index (χ0n) is 14.3. The SMILES string of the molecule is CC1CC2CC1C1C=CCC21.CC1CC2CC1C1CC=CC21. The van der Waals surface area contributed by atoms with Crippen LogP contribution in [-0.2, 0) is 0 Å². The maximum absolute atomic E-state index is 2.50. The van der Waals surface area contributed by atoms with Crippen molar-refractivity contribution >= 4 is 0 Å². The lowest BCUT2D eigenvalue weighted by atomic mass is 9.76. The average molecular weight is 296 g/mol. The lowest BCUT2D eigenvalue weighted by Gasteiger charge is -2.28. The topological polar surface area (TPSA) is 0 Å². The summed E-state index contributed by atoms with van der Waals surface area (Å²) >= 11 is 0. The molecule has 0 aromatic heterocycles. The number of rotatable bonds is 0. The smallest absolute Gasteiger partial charge is 0.0169 e. The number of allylic oxidation sites excluding steroid dienone is 4. The monoisotopic (exact) mass is 296 g/mol. The van der Waals surface area contributed by atoms with Gasteiger partial charge in [0.2, 0.25) is 0 Å². The molecule has 10 atom stereocenters. The second kappa shape index (κ2) is 4.99. The van der Waals surface area contributed by atoms with Crippen LogP contribution in [0.5, 0.6) is 0 Å². The summed E-state index contributed by atoms with van der Waals surface area (Å²) in [6.07, 6.45) is 18.8. The van der Waals surface area contributed by atoms with Crippen LogP contribution in [-0.4, -0.2) is 0 Å². The minimum atomic E-state index is 1.00. The van der Waals surface area contributed by atoms with Crippen molar-refractivity contribution in [3.8, 4) is 0 Å². The molecule has 4 saturated carbocycles. The molecule has 0 radical (unpaired) electrons. The average Bonchev–Trinajstić information content (AvgIpc) is 3.27. The van der Waals surface area contributed by atoms with Crippen molar-refractivity contribution in [1.82, 2.24) is 0 Å². The lowest BCUT2D eigenvalue weighted by Crippen LogP contribution is -2.22. The van der Waals surface area contributed by atoms with Crippen LogP contribution < -0.4 is 0 Å². The second-order valence-electron chi connectivity index (χ2n) is 9.56. The van der Waals surface area contributed by atoms with E-state index in [0.29, 0.717) is 0 Å². The lowest BCUT2D eigenvalue weighted by molar-refractivity contribution is 0.219. The van der Waals surface area contributed by atoms with Crippen LogP contribution in [0.4, 0.5) is 0 Å². The molecule has 0 saturated heterocycles. The zero-order chi connectivity index (χ0) is 14.8. The van der Waals surface area contributed by atoms with E-state index in [4.69, 9.17) is 0 Å². The third-order valence-electron chi connectivity index (χ3n) is 8.68. The van der Waals surface area contributed by atoms with Gasteiger partial charge in [0, 0.05) is 0 Å². The minimum absolute atomic E-state index is 1.00. The molecule has 4 fully saturated rings. The van der Waals surface area contributed by atoms with Gasteiger partial charge in [-0.3, -0.25) is 0 Å². The molecule has 0 aromatic carbocycles. The van der Waals surface area contributed by atoms with Gasteiger partial charge in [0.05, 0.1) is 0 Å². The van der Waals surface area contributed by atoms with E-state index in [1.54, 1.807) is 12.8 Å². The summed E-state index contributed by atoms with van der Waals surface area (Å²) < 4.78 is 0. The molecule has 0 heterocycles. The van der Waals surface area contributed by atoms with Gasteiger partial charge in [0.25, 0.3) is 0 Å². The summed E-state index contributed by atoms with van der Waals surface area (Å²) in [5.41, 5.74) is 0. The van der Waals surface area contributed by atoms with Crippen LogP contribution in [0.25, 0.3) is 0 Å². The standard InChI is InChI=1S/2C11H16/c2*1-7-5-8-6-11(7)10-4-2-3-9(8)10/h2,4,7-11H,3,5-6H2,1H3;2-3,7-11H,4-6H2,1H3. The third-order valence-corrected chi connectivity index (χ3v) is 8.68. The Morgan fingerprint density at radius 2 is 1.23 bits per heavy atom. The van der Waals surface area contributed by atoms with E-state index in [0.717, 1.165) is 59.2 Å². The highest BCUT2D eigenvalue weighted by atomic mass is 14.6. The molecular weight excluding hydrogens is 264 g/mol. The molecular formula is C22H32. The zero-order valence-corrected chi connectivity index (χ0v) is 14.3. The van der Waals surface area contributed by atoms with Gasteiger partial charge in [-0.1, -0.05) is 38.2 Å².